The molecule has 46 heavy (non-hydrogen) atoms. The van der Waals surface area contributed by atoms with Crippen LogP contribution in [0.4, 0.5) is 0 Å². The molecular formula is C36H52ClN5O4. The summed E-state index contributed by atoms with van der Waals surface area (Å²) in [6, 6.07) is 8.58. The normalized spacial score (nSPS) is 24.3. The Morgan fingerprint density at radius 2 is 1.91 bits per heavy atom. The summed E-state index contributed by atoms with van der Waals surface area (Å²) >= 11 is 6.28. The number of benzene rings is 1. The van der Waals surface area contributed by atoms with Crippen molar-refractivity contribution in [3.63, 3.8) is 0 Å². The van der Waals surface area contributed by atoms with Crippen molar-refractivity contribution in [3.05, 3.63) is 64.4 Å². The highest BCUT2D eigenvalue weighted by Gasteiger charge is 2.38. The molecule has 2 aromatic rings. The van der Waals surface area contributed by atoms with Crippen LogP contribution in [0.2, 0.25) is 5.02 Å². The van der Waals surface area contributed by atoms with Crippen LogP contribution in [0, 0.1) is 11.8 Å². The summed E-state index contributed by atoms with van der Waals surface area (Å²) in [7, 11) is 0. The number of amides is 2. The van der Waals surface area contributed by atoms with Crippen molar-refractivity contribution in [2.24, 2.45) is 11.8 Å². The predicted octanol–water partition coefficient (Wildman–Crippen LogP) is 4.25. The van der Waals surface area contributed by atoms with Crippen molar-refractivity contribution in [2.75, 3.05) is 26.2 Å². The van der Waals surface area contributed by atoms with E-state index in [9.17, 15) is 19.8 Å². The number of halogens is 1. The molecule has 2 aliphatic carbocycles. The van der Waals surface area contributed by atoms with Gasteiger partial charge in [-0.15, -0.1) is 0 Å². The molecule has 0 bridgehead atoms. The monoisotopic (exact) mass is 653 g/mol. The first-order chi connectivity index (χ1) is 21.9. The minimum atomic E-state index is -0.788. The summed E-state index contributed by atoms with van der Waals surface area (Å²) in [4.78, 5) is 36.1. The van der Waals surface area contributed by atoms with E-state index in [1.165, 1.54) is 19.3 Å². The quantitative estimate of drug-likeness (QED) is 0.287. The van der Waals surface area contributed by atoms with Crippen LogP contribution < -0.4 is 10.6 Å². The number of hydrogen-bond donors (Lipinski definition) is 4. The fourth-order valence-electron chi connectivity index (χ4n) is 7.54. The molecule has 252 valence electrons. The minimum absolute atomic E-state index is 0.0559. The SMILES string of the molecule is CC(C)(C)NC(=O)[C@@H]1CN(Cc2cccnc2)CCN1C[C@@H](O)C[C@@H](CC1CCCCC1)C(=O)N[C@H]1c2cc(Cl)ccc2C[C@H]1O. The van der Waals surface area contributed by atoms with Crippen LogP contribution >= 0.6 is 11.6 Å². The molecule has 1 saturated heterocycles. The Bertz CT molecular complexity index is 1320. The summed E-state index contributed by atoms with van der Waals surface area (Å²) in [5, 5.41) is 29.3. The van der Waals surface area contributed by atoms with Crippen LogP contribution in [0.5, 0.6) is 0 Å². The second-order valence-electron chi connectivity index (χ2n) is 14.8. The molecule has 4 N–H and O–H groups in total. The number of carbonyl (C=O) groups is 2. The predicted molar refractivity (Wildman–Crippen MR) is 180 cm³/mol. The molecule has 0 radical (unpaired) electrons. The maximum atomic E-state index is 13.9. The fourth-order valence-corrected chi connectivity index (χ4v) is 7.72. The molecule has 1 saturated carbocycles. The smallest absolute Gasteiger partial charge is 0.239 e. The minimum Gasteiger partial charge on any atom is -0.392 e. The molecule has 2 amide bonds. The molecule has 1 aromatic heterocycles. The van der Waals surface area contributed by atoms with E-state index in [4.69, 9.17) is 11.6 Å². The highest BCUT2D eigenvalue weighted by Crippen LogP contribution is 2.35. The first kappa shape index (κ1) is 34.8. The van der Waals surface area contributed by atoms with E-state index < -0.39 is 30.2 Å². The number of hydrogen-bond acceptors (Lipinski definition) is 7. The summed E-state index contributed by atoms with van der Waals surface area (Å²) in [5.74, 6) is -0.153. The molecular weight excluding hydrogens is 602 g/mol. The molecule has 10 heteroatoms. The van der Waals surface area contributed by atoms with E-state index in [1.807, 2.05) is 57.3 Å². The van der Waals surface area contributed by atoms with Crippen LogP contribution in [-0.2, 0) is 22.6 Å². The van der Waals surface area contributed by atoms with E-state index in [0.717, 1.165) is 36.1 Å². The second kappa shape index (κ2) is 15.6. The number of nitrogens with zero attached hydrogens (tertiary/aromatic N) is 3. The van der Waals surface area contributed by atoms with Crippen LogP contribution in [0.25, 0.3) is 0 Å². The maximum absolute atomic E-state index is 13.9. The van der Waals surface area contributed by atoms with Gasteiger partial charge in [0.25, 0.3) is 0 Å². The molecule has 2 fully saturated rings. The van der Waals surface area contributed by atoms with Gasteiger partial charge in [-0.05, 0) is 74.4 Å². The standard InChI is InChI=1S/C36H52ClN5O4/c1-36(2,3)40-35(46)31-23-41(21-25-10-7-13-38-20-25)14-15-42(31)22-29(43)17-27(16-24-8-5-4-6-9-24)34(45)39-33-30-19-28(37)12-11-26(30)18-32(33)44/h7,10-13,19-20,24,27,29,31-33,43-44H,4-6,8-9,14-18,21-23H2,1-3H3,(H,39,45)(H,40,46)/t27-,29+,31+,32-,33+/m1/s1. The average molecular weight is 654 g/mol. The Hall–Kier alpha value is -2.56. The lowest BCUT2D eigenvalue weighted by Gasteiger charge is -2.42. The Kier molecular flexibility index (Phi) is 11.8. The van der Waals surface area contributed by atoms with E-state index in [2.05, 4.69) is 25.4 Å². The number of carbonyl (C=O) groups excluding carboxylic acids is 2. The third-order valence-electron chi connectivity index (χ3n) is 9.77. The van der Waals surface area contributed by atoms with Crippen LogP contribution in [0.3, 0.4) is 0 Å². The van der Waals surface area contributed by atoms with Crippen molar-refractivity contribution < 1.29 is 19.8 Å². The van der Waals surface area contributed by atoms with Gasteiger partial charge in [0.2, 0.25) is 11.8 Å². The lowest BCUT2D eigenvalue weighted by atomic mass is 9.80. The Labute approximate surface area is 279 Å². The number of rotatable bonds is 11. The van der Waals surface area contributed by atoms with Gasteiger partial charge >= 0.3 is 0 Å². The summed E-state index contributed by atoms with van der Waals surface area (Å²) < 4.78 is 0. The Morgan fingerprint density at radius 1 is 1.13 bits per heavy atom. The first-order valence-corrected chi connectivity index (χ1v) is 17.4. The summed E-state index contributed by atoms with van der Waals surface area (Å²) in [6.45, 7) is 8.86. The summed E-state index contributed by atoms with van der Waals surface area (Å²) in [5.41, 5.74) is 2.57. The molecule has 3 aliphatic rings. The van der Waals surface area contributed by atoms with Crippen molar-refractivity contribution in [1.82, 2.24) is 25.4 Å². The zero-order valence-electron chi connectivity index (χ0n) is 27.6. The highest BCUT2D eigenvalue weighted by atomic mass is 35.5. The molecule has 2 heterocycles. The maximum Gasteiger partial charge on any atom is 0.239 e. The average Bonchev–Trinajstić information content (AvgIpc) is 3.31. The fraction of sp³-hybridized carbons (Fsp3) is 0.639. The number of fused-ring (bicyclic) bond motifs is 1. The third-order valence-corrected chi connectivity index (χ3v) is 10.0. The van der Waals surface area contributed by atoms with E-state index in [1.54, 1.807) is 6.20 Å². The molecule has 0 spiro atoms. The lowest BCUT2D eigenvalue weighted by molar-refractivity contribution is -0.132. The Balaban J connectivity index is 1.27. The van der Waals surface area contributed by atoms with Crippen molar-refractivity contribution in [1.29, 1.82) is 0 Å². The van der Waals surface area contributed by atoms with Crippen LogP contribution in [0.15, 0.2) is 42.7 Å². The van der Waals surface area contributed by atoms with Gasteiger partial charge in [0, 0.05) is 68.0 Å². The van der Waals surface area contributed by atoms with Crippen molar-refractivity contribution in [3.8, 4) is 0 Å². The van der Waals surface area contributed by atoms with Crippen LogP contribution in [0.1, 0.15) is 88.4 Å². The number of aliphatic hydroxyl groups excluding tert-OH is 2. The summed E-state index contributed by atoms with van der Waals surface area (Å²) in [6.07, 6.45) is 9.35. The molecule has 1 aromatic carbocycles. The number of β-amino-alcohol motifs (C(OH)–C–C–N with tert-alkyl or cyclic N) is 1. The molecule has 5 rings (SSSR count). The van der Waals surface area contributed by atoms with Gasteiger partial charge < -0.3 is 20.8 Å². The molecule has 1 aliphatic heterocycles. The van der Waals surface area contributed by atoms with Crippen LogP contribution in [-0.4, -0.2) is 86.8 Å². The molecule has 9 nitrogen and oxygen atoms in total. The largest absolute Gasteiger partial charge is 0.392 e. The van der Waals surface area contributed by atoms with Gasteiger partial charge in [0.05, 0.1) is 18.2 Å². The number of aromatic nitrogens is 1. The number of aliphatic hydroxyl groups is 2. The van der Waals surface area contributed by atoms with Crippen molar-refractivity contribution >= 4 is 23.4 Å². The lowest BCUT2D eigenvalue weighted by Crippen LogP contribution is -2.61. The van der Waals surface area contributed by atoms with E-state index >= 15 is 0 Å². The van der Waals surface area contributed by atoms with Gasteiger partial charge in [0.1, 0.15) is 6.04 Å². The highest BCUT2D eigenvalue weighted by molar-refractivity contribution is 6.30. The van der Waals surface area contributed by atoms with Crippen molar-refractivity contribution in [2.45, 2.75) is 109 Å². The van der Waals surface area contributed by atoms with Gasteiger partial charge in [0.15, 0.2) is 0 Å². The van der Waals surface area contributed by atoms with Gasteiger partial charge in [-0.2, -0.15) is 0 Å². The number of nitrogens with one attached hydrogen (secondary N) is 2. The number of piperazine rings is 1. The van der Waals surface area contributed by atoms with Gasteiger partial charge in [-0.3, -0.25) is 24.4 Å². The Morgan fingerprint density at radius 3 is 2.63 bits per heavy atom. The van der Waals surface area contributed by atoms with E-state index in [0.29, 0.717) is 56.4 Å². The number of pyridine rings is 1. The van der Waals surface area contributed by atoms with E-state index in [-0.39, 0.29) is 17.4 Å². The third kappa shape index (κ3) is 9.50. The molecule has 5 atom stereocenters. The zero-order chi connectivity index (χ0) is 32.8. The van der Waals surface area contributed by atoms with Gasteiger partial charge in [-0.25, -0.2) is 0 Å². The first-order valence-electron chi connectivity index (χ1n) is 17.1. The van der Waals surface area contributed by atoms with Gasteiger partial charge in [-0.1, -0.05) is 55.8 Å². The zero-order valence-corrected chi connectivity index (χ0v) is 28.4. The topological polar surface area (TPSA) is 118 Å². The second-order valence-corrected chi connectivity index (χ2v) is 15.2. The molecule has 0 unspecified atom stereocenters.